The second kappa shape index (κ2) is 23.2. The Labute approximate surface area is 538 Å². The van der Waals surface area contributed by atoms with Gasteiger partial charge >= 0.3 is 6.18 Å². The first kappa shape index (κ1) is 56.4. The van der Waals surface area contributed by atoms with Crippen LogP contribution in [0.2, 0.25) is 0 Å². The largest absolute Gasteiger partial charge is 0.415 e. The summed E-state index contributed by atoms with van der Waals surface area (Å²) in [5.74, 6) is 0. The molecule has 16 rings (SSSR count). The van der Waals surface area contributed by atoms with Crippen LogP contribution in [0.15, 0.2) is 298 Å². The van der Waals surface area contributed by atoms with Gasteiger partial charge in [0.2, 0.25) is 5.69 Å². The predicted octanol–water partition coefficient (Wildman–Crippen LogP) is 22.6. The van der Waals surface area contributed by atoms with Gasteiger partial charge in [-0.15, -0.1) is 0 Å². The van der Waals surface area contributed by atoms with Crippen LogP contribution in [0.1, 0.15) is 5.56 Å². The zero-order valence-electron chi connectivity index (χ0n) is 50.0. The van der Waals surface area contributed by atoms with E-state index in [0.29, 0.717) is 16.7 Å². The van der Waals surface area contributed by atoms with Crippen LogP contribution in [0.5, 0.6) is 0 Å². The maximum Gasteiger partial charge on any atom is 0.415 e. The quantitative estimate of drug-likeness (QED) is 0.121. The Morgan fingerprint density at radius 2 is 0.649 bits per heavy atom. The molecule has 0 radical (unpaired) electrons. The molecule has 8 nitrogen and oxygen atoms in total. The minimum absolute atomic E-state index is 0.0418. The molecule has 0 aliphatic carbocycles. The number of pyridine rings is 4. The van der Waals surface area contributed by atoms with Crippen LogP contribution in [0.3, 0.4) is 0 Å². The monoisotopic (exact) mass is 1210 g/mol. The Morgan fingerprint density at radius 1 is 0.309 bits per heavy atom. The van der Waals surface area contributed by atoms with Crippen molar-refractivity contribution >= 4 is 55.0 Å². The van der Waals surface area contributed by atoms with E-state index in [-0.39, 0.29) is 28.2 Å². The fourth-order valence-electron chi connectivity index (χ4n) is 13.1. The summed E-state index contributed by atoms with van der Waals surface area (Å²) in [4.78, 5) is 28.0. The summed E-state index contributed by atoms with van der Waals surface area (Å²) >= 11 is 0. The van der Waals surface area contributed by atoms with Crippen molar-refractivity contribution < 1.29 is 13.2 Å². The number of alkyl halides is 3. The molecule has 11 heteroatoms. The summed E-state index contributed by atoms with van der Waals surface area (Å²) in [7, 11) is 0. The standard InChI is InChI=1S/C83H49F3N8/c1-87-74-25-15-24-69(83(84,85)86)80(74)68-38-43-75(93-76-44-56(60-30-39-70(89-48-60)52-16-7-3-8-17-52)26-34-64(76)65-35-27-57(45-77(65)93)61-31-40-71(90-49-61)53-18-9-4-10-19-53)81(88-2)82(68)94-78-46-58(62-32-41-72(91-50-62)54-20-11-5-12-21-54)28-36-66(78)67-37-29-59(47-79(67)94)63-33-42-73(92-51-63)55-22-13-6-14-23-55/h3-51H. The van der Waals surface area contributed by atoms with Gasteiger partial charge < -0.3 is 9.13 Å². The molecule has 94 heavy (non-hydrogen) atoms. The third kappa shape index (κ3) is 9.98. The van der Waals surface area contributed by atoms with Crippen molar-refractivity contribution in [1.82, 2.24) is 29.1 Å². The summed E-state index contributed by atoms with van der Waals surface area (Å²) in [5.41, 5.74) is 15.4. The van der Waals surface area contributed by atoms with Crippen molar-refractivity contribution in [3.63, 3.8) is 0 Å². The minimum atomic E-state index is -4.91. The number of hydrogen-bond acceptors (Lipinski definition) is 4. The lowest BCUT2D eigenvalue weighted by atomic mass is 9.94. The number of fused-ring (bicyclic) bond motifs is 6. The zero-order valence-corrected chi connectivity index (χ0v) is 50.0. The Balaban J connectivity index is 0.992. The van der Waals surface area contributed by atoms with Crippen molar-refractivity contribution in [1.29, 1.82) is 0 Å². The molecule has 0 amide bonds. The molecule has 0 aliphatic rings. The van der Waals surface area contributed by atoms with Gasteiger partial charge in [0.05, 0.1) is 74.9 Å². The van der Waals surface area contributed by atoms with Crippen molar-refractivity contribution in [2.24, 2.45) is 0 Å². The highest BCUT2D eigenvalue weighted by Gasteiger charge is 2.37. The zero-order chi connectivity index (χ0) is 63.4. The van der Waals surface area contributed by atoms with Gasteiger partial charge in [-0.25, -0.2) is 9.69 Å². The van der Waals surface area contributed by atoms with Gasteiger partial charge in [-0.05, 0) is 82.4 Å². The molecule has 0 unspecified atom stereocenters. The highest BCUT2D eigenvalue weighted by atomic mass is 19.4. The first-order chi connectivity index (χ1) is 46.1. The van der Waals surface area contributed by atoms with Crippen molar-refractivity contribution in [2.45, 2.75) is 6.18 Å². The number of benzene rings is 10. The predicted molar refractivity (Wildman–Crippen MR) is 373 cm³/mol. The van der Waals surface area contributed by atoms with E-state index in [0.717, 1.165) is 128 Å². The SMILES string of the molecule is [C-]#[N+]c1cccc(C(F)(F)F)c1-c1ccc(-n2c3cc(-c4ccc(-c5ccccc5)nc4)ccc3c3ccc(-c4ccc(-c5ccccc5)nc4)cc32)c([N+]#[C-])c1-n1c2cc(-c3ccc(-c4ccccc4)nc3)ccc2c2ccc(-c3ccc(-c4ccccc4)nc3)cc21. The lowest BCUT2D eigenvalue weighted by Crippen LogP contribution is -2.09. The second-order valence-electron chi connectivity index (χ2n) is 23.0. The molecule has 0 saturated heterocycles. The lowest BCUT2D eigenvalue weighted by molar-refractivity contribution is -0.137. The summed E-state index contributed by atoms with van der Waals surface area (Å²) < 4.78 is 52.0. The normalized spacial score (nSPS) is 11.5. The molecule has 442 valence electrons. The first-order valence-electron chi connectivity index (χ1n) is 30.5. The van der Waals surface area contributed by atoms with E-state index in [1.165, 1.54) is 12.1 Å². The molecule has 6 heterocycles. The maximum atomic E-state index is 16.0. The highest BCUT2D eigenvalue weighted by Crippen LogP contribution is 2.52. The van der Waals surface area contributed by atoms with Crippen molar-refractivity contribution in [3.8, 4) is 112 Å². The van der Waals surface area contributed by atoms with E-state index in [4.69, 9.17) is 26.5 Å². The van der Waals surface area contributed by atoms with Crippen LogP contribution in [-0.4, -0.2) is 29.1 Å². The van der Waals surface area contributed by atoms with E-state index >= 15 is 13.2 Å². The topological polar surface area (TPSA) is 70.1 Å². The van der Waals surface area contributed by atoms with E-state index in [2.05, 4.69) is 50.7 Å². The fraction of sp³-hybridized carbons (Fsp3) is 0.0120. The Hall–Kier alpha value is -12.8. The molecular weight excluding hydrogens is 1170 g/mol. The molecule has 0 saturated carbocycles. The van der Waals surface area contributed by atoms with Crippen LogP contribution >= 0.6 is 0 Å². The summed E-state index contributed by atoms with van der Waals surface area (Å²) in [6, 6.07) is 87.6. The van der Waals surface area contributed by atoms with Crippen LogP contribution in [0, 0.1) is 13.1 Å². The average Bonchev–Trinajstić information content (AvgIpc) is 1.52. The first-order valence-corrected chi connectivity index (χ1v) is 30.5. The third-order valence-electron chi connectivity index (χ3n) is 17.6. The second-order valence-corrected chi connectivity index (χ2v) is 23.0. The smallest absolute Gasteiger partial charge is 0.319 e. The molecule has 6 aromatic heterocycles. The van der Waals surface area contributed by atoms with Crippen molar-refractivity contribution in [3.05, 3.63) is 326 Å². The Kier molecular flexibility index (Phi) is 13.9. The van der Waals surface area contributed by atoms with Crippen LogP contribution in [-0.2, 0) is 6.18 Å². The van der Waals surface area contributed by atoms with Gasteiger partial charge in [0.25, 0.3) is 0 Å². The van der Waals surface area contributed by atoms with E-state index in [9.17, 15) is 6.57 Å². The van der Waals surface area contributed by atoms with Gasteiger partial charge in [0, 0.05) is 96.4 Å². The molecule has 0 N–H and O–H groups in total. The Bertz CT molecular complexity index is 5400. The number of hydrogen-bond donors (Lipinski definition) is 0. The van der Waals surface area contributed by atoms with Crippen molar-refractivity contribution in [2.75, 3.05) is 0 Å². The summed E-state index contributed by atoms with van der Waals surface area (Å²) in [6.07, 6.45) is 2.45. The number of nitrogens with zero attached hydrogens (tertiary/aromatic N) is 8. The van der Waals surface area contributed by atoms with E-state index in [1.807, 2.05) is 236 Å². The summed E-state index contributed by atoms with van der Waals surface area (Å²) in [5, 5.41) is 3.31. The molecular formula is C83H49F3N8. The molecule has 0 spiro atoms. The lowest BCUT2D eigenvalue weighted by Gasteiger charge is -2.23. The third-order valence-corrected chi connectivity index (χ3v) is 17.6. The molecule has 0 atom stereocenters. The molecule has 0 aliphatic heterocycles. The Morgan fingerprint density at radius 3 is 0.957 bits per heavy atom. The molecule has 16 aromatic rings. The minimum Gasteiger partial charge on any atom is -0.319 e. The van der Waals surface area contributed by atoms with Gasteiger partial charge in [0.1, 0.15) is 0 Å². The van der Waals surface area contributed by atoms with Crippen LogP contribution < -0.4 is 0 Å². The van der Waals surface area contributed by atoms with Gasteiger partial charge in [-0.1, -0.05) is 218 Å². The van der Waals surface area contributed by atoms with E-state index in [1.54, 1.807) is 12.1 Å². The fourth-order valence-corrected chi connectivity index (χ4v) is 13.1. The highest BCUT2D eigenvalue weighted by molar-refractivity contribution is 6.15. The number of rotatable bonds is 11. The van der Waals surface area contributed by atoms with Gasteiger partial charge in [-0.3, -0.25) is 19.9 Å². The van der Waals surface area contributed by atoms with Crippen LogP contribution in [0.4, 0.5) is 24.5 Å². The number of aromatic nitrogens is 6. The molecule has 10 aromatic carbocycles. The molecule has 0 bridgehead atoms. The average molecular weight is 1220 g/mol. The maximum absolute atomic E-state index is 16.0. The number of halogens is 3. The molecule has 0 fully saturated rings. The van der Waals surface area contributed by atoms with Gasteiger partial charge in [0.15, 0.2) is 5.69 Å². The van der Waals surface area contributed by atoms with Gasteiger partial charge in [-0.2, -0.15) is 13.2 Å². The summed E-state index contributed by atoms with van der Waals surface area (Å²) in [6.45, 7) is 18.2. The van der Waals surface area contributed by atoms with Crippen LogP contribution in [0.25, 0.3) is 165 Å². The van der Waals surface area contributed by atoms with E-state index < -0.39 is 11.7 Å².